The molecule has 2 amide bonds. The lowest BCUT2D eigenvalue weighted by atomic mass is 9.95. The number of ether oxygens (including phenoxy) is 1. The van der Waals surface area contributed by atoms with Crippen LogP contribution in [0.2, 0.25) is 0 Å². The van der Waals surface area contributed by atoms with Crippen molar-refractivity contribution in [2.24, 2.45) is 11.8 Å². The topological polar surface area (TPSA) is 70.7 Å². The largest absolute Gasteiger partial charge is 0.497 e. The van der Waals surface area contributed by atoms with E-state index in [0.717, 1.165) is 38.2 Å². The van der Waals surface area contributed by atoms with E-state index < -0.39 is 0 Å². The van der Waals surface area contributed by atoms with E-state index in [1.807, 2.05) is 24.3 Å². The van der Waals surface area contributed by atoms with Gasteiger partial charge in [-0.15, -0.1) is 0 Å². The Balaban J connectivity index is 1.54. The first kappa shape index (κ1) is 22.8. The first-order valence-corrected chi connectivity index (χ1v) is 11.0. The Morgan fingerprint density at radius 2 is 1.84 bits per heavy atom. The van der Waals surface area contributed by atoms with Crippen LogP contribution in [-0.2, 0) is 11.3 Å². The first-order chi connectivity index (χ1) is 15.0. The van der Waals surface area contributed by atoms with Gasteiger partial charge in [0.25, 0.3) is 5.91 Å². The van der Waals surface area contributed by atoms with Crippen LogP contribution in [0.25, 0.3) is 0 Å². The lowest BCUT2D eigenvalue weighted by Crippen LogP contribution is -2.38. The van der Waals surface area contributed by atoms with Gasteiger partial charge in [-0.05, 0) is 61.7 Å². The average molecular weight is 424 g/mol. The fourth-order valence-corrected chi connectivity index (χ4v) is 3.80. The third kappa shape index (κ3) is 6.56. The molecule has 6 nitrogen and oxygen atoms in total. The molecule has 0 saturated carbocycles. The highest BCUT2D eigenvalue weighted by atomic mass is 16.5. The number of anilines is 1. The molecule has 6 heteroatoms. The zero-order chi connectivity index (χ0) is 22.2. The minimum Gasteiger partial charge on any atom is -0.497 e. The maximum atomic E-state index is 12.9. The Bertz CT molecular complexity index is 889. The zero-order valence-corrected chi connectivity index (χ0v) is 18.7. The predicted octanol–water partition coefficient (Wildman–Crippen LogP) is 3.93. The minimum absolute atomic E-state index is 0.00913. The number of benzene rings is 2. The summed E-state index contributed by atoms with van der Waals surface area (Å²) in [5.74, 6) is 1.02. The van der Waals surface area contributed by atoms with E-state index in [2.05, 4.69) is 41.5 Å². The normalized spacial score (nSPS) is 15.0. The smallest absolute Gasteiger partial charge is 0.253 e. The lowest BCUT2D eigenvalue weighted by Gasteiger charge is -2.31. The Hall–Kier alpha value is -2.86. The molecule has 1 heterocycles. The molecular weight excluding hydrogens is 390 g/mol. The van der Waals surface area contributed by atoms with Gasteiger partial charge in [-0.3, -0.25) is 14.5 Å². The van der Waals surface area contributed by atoms with Crippen LogP contribution in [0.4, 0.5) is 5.69 Å². The van der Waals surface area contributed by atoms with Crippen LogP contribution in [0.1, 0.15) is 42.6 Å². The lowest BCUT2D eigenvalue weighted by molar-refractivity contribution is -0.121. The number of carbonyl (C=O) groups excluding carboxylic acids is 2. The van der Waals surface area contributed by atoms with Gasteiger partial charge in [-0.1, -0.05) is 38.1 Å². The molecule has 0 radical (unpaired) electrons. The predicted molar refractivity (Wildman–Crippen MR) is 123 cm³/mol. The maximum Gasteiger partial charge on any atom is 0.253 e. The van der Waals surface area contributed by atoms with Gasteiger partial charge in [-0.25, -0.2) is 0 Å². The summed E-state index contributed by atoms with van der Waals surface area (Å²) in [6, 6.07) is 15.3. The summed E-state index contributed by atoms with van der Waals surface area (Å²) in [5.41, 5.74) is 2.29. The molecule has 166 valence electrons. The maximum absolute atomic E-state index is 12.9. The van der Waals surface area contributed by atoms with Crippen LogP contribution >= 0.6 is 0 Å². The zero-order valence-electron chi connectivity index (χ0n) is 18.7. The van der Waals surface area contributed by atoms with Gasteiger partial charge in [0.15, 0.2) is 0 Å². The molecule has 3 rings (SSSR count). The molecule has 0 bridgehead atoms. The van der Waals surface area contributed by atoms with E-state index in [-0.39, 0.29) is 17.7 Å². The number of nitrogens with zero attached hydrogens (tertiary/aromatic N) is 1. The second-order valence-electron chi connectivity index (χ2n) is 8.54. The molecule has 31 heavy (non-hydrogen) atoms. The molecule has 0 atom stereocenters. The number of likely N-dealkylation sites (tertiary alicyclic amines) is 1. The van der Waals surface area contributed by atoms with Crippen molar-refractivity contribution in [2.45, 2.75) is 33.2 Å². The number of carbonyl (C=O) groups is 2. The monoisotopic (exact) mass is 423 g/mol. The summed E-state index contributed by atoms with van der Waals surface area (Å²) < 4.78 is 5.30. The first-order valence-electron chi connectivity index (χ1n) is 11.0. The van der Waals surface area contributed by atoms with Crippen LogP contribution in [0.15, 0.2) is 48.5 Å². The van der Waals surface area contributed by atoms with Crippen LogP contribution in [-0.4, -0.2) is 43.5 Å². The van der Waals surface area contributed by atoms with Crippen LogP contribution in [0.3, 0.4) is 0 Å². The average Bonchev–Trinajstić information content (AvgIpc) is 2.78. The van der Waals surface area contributed by atoms with Gasteiger partial charge in [0.1, 0.15) is 5.75 Å². The quantitative estimate of drug-likeness (QED) is 0.675. The summed E-state index contributed by atoms with van der Waals surface area (Å²) in [5, 5.41) is 5.92. The Labute approximate surface area is 185 Å². The fraction of sp³-hybridized carbons (Fsp3) is 0.440. The molecule has 1 saturated heterocycles. The molecular formula is C25H33N3O3. The van der Waals surface area contributed by atoms with Crippen LogP contribution in [0, 0.1) is 11.8 Å². The highest BCUT2D eigenvalue weighted by molar-refractivity contribution is 6.04. The molecule has 2 aromatic rings. The SMILES string of the molecule is COc1cccc(CN2CCC(C(=O)Nc3ccccc3C(=O)NCC(C)C)CC2)c1. The Morgan fingerprint density at radius 1 is 1.10 bits per heavy atom. The van der Waals surface area contributed by atoms with Crippen LogP contribution < -0.4 is 15.4 Å². The Kier molecular flexibility index (Phi) is 8.06. The van der Waals surface area contributed by atoms with Crippen molar-refractivity contribution in [2.75, 3.05) is 32.1 Å². The van der Waals surface area contributed by atoms with Gasteiger partial charge >= 0.3 is 0 Å². The van der Waals surface area contributed by atoms with E-state index in [1.165, 1.54) is 5.56 Å². The molecule has 1 aliphatic heterocycles. The molecule has 2 aromatic carbocycles. The number of para-hydroxylation sites is 1. The standard InChI is InChI=1S/C25H33N3O3/c1-18(2)16-26-25(30)22-9-4-5-10-23(22)27-24(29)20-11-13-28(14-12-20)17-19-7-6-8-21(15-19)31-3/h4-10,15,18,20H,11-14,16-17H2,1-3H3,(H,26,30)(H,27,29). The Morgan fingerprint density at radius 3 is 2.55 bits per heavy atom. The molecule has 0 aliphatic carbocycles. The number of methoxy groups -OCH3 is 1. The van der Waals surface area contributed by atoms with E-state index in [0.29, 0.717) is 23.7 Å². The highest BCUT2D eigenvalue weighted by Gasteiger charge is 2.26. The number of piperidine rings is 1. The van der Waals surface area contributed by atoms with Gasteiger partial charge in [0.2, 0.25) is 5.91 Å². The van der Waals surface area contributed by atoms with Crippen molar-refractivity contribution < 1.29 is 14.3 Å². The van der Waals surface area contributed by atoms with E-state index in [4.69, 9.17) is 4.74 Å². The number of hydrogen-bond acceptors (Lipinski definition) is 4. The molecule has 2 N–H and O–H groups in total. The third-order valence-corrected chi connectivity index (χ3v) is 5.60. The summed E-state index contributed by atoms with van der Waals surface area (Å²) in [7, 11) is 1.68. The van der Waals surface area contributed by atoms with Gasteiger partial charge in [0.05, 0.1) is 18.4 Å². The van der Waals surface area contributed by atoms with Gasteiger partial charge in [0, 0.05) is 19.0 Å². The number of hydrogen-bond donors (Lipinski definition) is 2. The second-order valence-corrected chi connectivity index (χ2v) is 8.54. The van der Waals surface area contributed by atoms with E-state index in [9.17, 15) is 9.59 Å². The molecule has 0 spiro atoms. The summed E-state index contributed by atoms with van der Waals surface area (Å²) in [6.07, 6.45) is 1.61. The van der Waals surface area contributed by atoms with Crippen molar-refractivity contribution in [3.8, 4) is 5.75 Å². The molecule has 1 fully saturated rings. The number of rotatable bonds is 8. The number of nitrogens with one attached hydrogen (secondary N) is 2. The summed E-state index contributed by atoms with van der Waals surface area (Å²) >= 11 is 0. The van der Waals surface area contributed by atoms with Crippen molar-refractivity contribution >= 4 is 17.5 Å². The summed E-state index contributed by atoms with van der Waals surface area (Å²) in [6.45, 7) is 7.29. The molecule has 1 aliphatic rings. The van der Waals surface area contributed by atoms with Gasteiger partial charge in [-0.2, -0.15) is 0 Å². The highest BCUT2D eigenvalue weighted by Crippen LogP contribution is 2.23. The van der Waals surface area contributed by atoms with Crippen molar-refractivity contribution in [1.29, 1.82) is 0 Å². The van der Waals surface area contributed by atoms with Crippen molar-refractivity contribution in [1.82, 2.24) is 10.2 Å². The summed E-state index contributed by atoms with van der Waals surface area (Å²) in [4.78, 5) is 27.8. The minimum atomic E-state index is -0.155. The van der Waals surface area contributed by atoms with Crippen molar-refractivity contribution in [3.63, 3.8) is 0 Å². The second kappa shape index (κ2) is 11.0. The molecule has 0 unspecified atom stereocenters. The third-order valence-electron chi connectivity index (χ3n) is 5.60. The fourth-order valence-electron chi connectivity index (χ4n) is 3.80. The van der Waals surface area contributed by atoms with E-state index in [1.54, 1.807) is 19.2 Å². The van der Waals surface area contributed by atoms with E-state index >= 15 is 0 Å². The van der Waals surface area contributed by atoms with Crippen molar-refractivity contribution in [3.05, 3.63) is 59.7 Å². The number of amides is 2. The van der Waals surface area contributed by atoms with Crippen LogP contribution in [0.5, 0.6) is 5.75 Å². The van der Waals surface area contributed by atoms with Gasteiger partial charge < -0.3 is 15.4 Å². The molecule has 0 aromatic heterocycles.